The van der Waals surface area contributed by atoms with Crippen LogP contribution in [0, 0.1) is 11.3 Å². The number of aliphatic hydroxyl groups is 1. The first-order valence-electron chi connectivity index (χ1n) is 8.03. The summed E-state index contributed by atoms with van der Waals surface area (Å²) >= 11 is 0. The van der Waals surface area contributed by atoms with Crippen LogP contribution >= 0.6 is 0 Å². The first-order chi connectivity index (χ1) is 8.59. The van der Waals surface area contributed by atoms with Crippen LogP contribution in [0.25, 0.3) is 0 Å². The maximum Gasteiger partial charge on any atom is 0.0746 e. The van der Waals surface area contributed by atoms with E-state index in [-0.39, 0.29) is 11.5 Å². The monoisotopic (exact) mass is 251 g/mol. The molecule has 3 rings (SSSR count). The van der Waals surface area contributed by atoms with Gasteiger partial charge in [0, 0.05) is 12.1 Å². The third-order valence-electron chi connectivity index (χ3n) is 5.96. The molecule has 4 unspecified atom stereocenters. The number of aliphatic hydroxyl groups excluding tert-OH is 1. The van der Waals surface area contributed by atoms with Crippen molar-refractivity contribution in [2.24, 2.45) is 11.3 Å². The fourth-order valence-electron chi connectivity index (χ4n) is 4.77. The zero-order valence-corrected chi connectivity index (χ0v) is 12.1. The summed E-state index contributed by atoms with van der Waals surface area (Å²) < 4.78 is 0. The highest BCUT2D eigenvalue weighted by atomic mass is 16.3. The minimum Gasteiger partial charge on any atom is -0.391 e. The molecule has 18 heavy (non-hydrogen) atoms. The van der Waals surface area contributed by atoms with Crippen molar-refractivity contribution in [3.63, 3.8) is 0 Å². The summed E-state index contributed by atoms with van der Waals surface area (Å²) in [6.07, 6.45) is 10.7. The summed E-state index contributed by atoms with van der Waals surface area (Å²) in [7, 11) is 0. The molecule has 2 aliphatic carbocycles. The van der Waals surface area contributed by atoms with Gasteiger partial charge in [-0.25, -0.2) is 0 Å². The van der Waals surface area contributed by atoms with Gasteiger partial charge in [-0.05, 0) is 56.4 Å². The van der Waals surface area contributed by atoms with E-state index in [2.05, 4.69) is 18.7 Å². The van der Waals surface area contributed by atoms with Crippen molar-refractivity contribution in [1.82, 2.24) is 4.90 Å². The Hall–Kier alpha value is -0.0800. The molecule has 0 spiro atoms. The van der Waals surface area contributed by atoms with E-state index in [1.165, 1.54) is 57.9 Å². The molecule has 0 bridgehead atoms. The fraction of sp³-hybridized carbons (Fsp3) is 1.00. The summed E-state index contributed by atoms with van der Waals surface area (Å²) in [4.78, 5) is 2.72. The van der Waals surface area contributed by atoms with E-state index in [1.807, 2.05) is 0 Å². The molecule has 1 saturated heterocycles. The van der Waals surface area contributed by atoms with Crippen molar-refractivity contribution in [3.8, 4) is 0 Å². The molecule has 3 aliphatic rings. The topological polar surface area (TPSA) is 23.5 Å². The van der Waals surface area contributed by atoms with Crippen LogP contribution in [0.3, 0.4) is 0 Å². The fourth-order valence-corrected chi connectivity index (χ4v) is 4.77. The van der Waals surface area contributed by atoms with Gasteiger partial charge in [0.05, 0.1) is 6.10 Å². The maximum absolute atomic E-state index is 10.6. The van der Waals surface area contributed by atoms with Gasteiger partial charge in [-0.3, -0.25) is 4.90 Å². The predicted octanol–water partition coefficient (Wildman–Crippen LogP) is 3.19. The van der Waals surface area contributed by atoms with E-state index in [0.29, 0.717) is 6.04 Å². The lowest BCUT2D eigenvalue weighted by Gasteiger charge is -2.48. The Morgan fingerprint density at radius 1 is 0.944 bits per heavy atom. The Kier molecular flexibility index (Phi) is 3.44. The largest absolute Gasteiger partial charge is 0.391 e. The number of nitrogens with zero attached hydrogens (tertiary/aromatic N) is 1. The Balaban J connectivity index is 1.75. The van der Waals surface area contributed by atoms with Gasteiger partial charge in [0.25, 0.3) is 0 Å². The summed E-state index contributed by atoms with van der Waals surface area (Å²) in [5.74, 6) is 0.934. The van der Waals surface area contributed by atoms with Crippen molar-refractivity contribution in [2.45, 2.75) is 83.4 Å². The van der Waals surface area contributed by atoms with Crippen LogP contribution in [0.4, 0.5) is 0 Å². The second kappa shape index (κ2) is 4.79. The number of likely N-dealkylation sites (tertiary alicyclic amines) is 1. The van der Waals surface area contributed by atoms with Gasteiger partial charge >= 0.3 is 0 Å². The van der Waals surface area contributed by atoms with Crippen LogP contribution in [0.15, 0.2) is 0 Å². The molecule has 1 heterocycles. The van der Waals surface area contributed by atoms with Gasteiger partial charge < -0.3 is 5.11 Å². The van der Waals surface area contributed by atoms with Crippen LogP contribution < -0.4 is 0 Å². The minimum atomic E-state index is -0.113. The van der Waals surface area contributed by atoms with Crippen LogP contribution in [0.5, 0.6) is 0 Å². The van der Waals surface area contributed by atoms with Gasteiger partial charge in [0.2, 0.25) is 0 Å². The standard InChI is InChI=1S/C16H29NO/c1-16(2)10-9-14(15(16)18)17-11-5-7-12-6-3-4-8-13(12)17/h12-15,18H,3-11H2,1-2H3. The van der Waals surface area contributed by atoms with Gasteiger partial charge in [0.1, 0.15) is 0 Å². The molecule has 0 aromatic rings. The first-order valence-corrected chi connectivity index (χ1v) is 8.03. The molecule has 2 nitrogen and oxygen atoms in total. The molecule has 2 saturated carbocycles. The smallest absolute Gasteiger partial charge is 0.0746 e. The van der Waals surface area contributed by atoms with Gasteiger partial charge in [0.15, 0.2) is 0 Å². The highest BCUT2D eigenvalue weighted by molar-refractivity contribution is 5.00. The Morgan fingerprint density at radius 3 is 2.39 bits per heavy atom. The van der Waals surface area contributed by atoms with E-state index in [9.17, 15) is 5.11 Å². The van der Waals surface area contributed by atoms with Crippen LogP contribution in [-0.2, 0) is 0 Å². The first kappa shape index (κ1) is 12.9. The molecule has 2 heteroatoms. The zero-order chi connectivity index (χ0) is 12.8. The average molecular weight is 251 g/mol. The summed E-state index contributed by atoms with van der Waals surface area (Å²) in [5.41, 5.74) is 0.131. The molecule has 1 aliphatic heterocycles. The summed E-state index contributed by atoms with van der Waals surface area (Å²) in [6, 6.07) is 1.24. The normalized spacial score (nSPS) is 44.8. The van der Waals surface area contributed by atoms with Crippen molar-refractivity contribution >= 4 is 0 Å². The van der Waals surface area contributed by atoms with E-state index in [1.54, 1.807) is 0 Å². The van der Waals surface area contributed by atoms with E-state index in [0.717, 1.165) is 12.0 Å². The molecular weight excluding hydrogens is 222 g/mol. The van der Waals surface area contributed by atoms with Crippen molar-refractivity contribution in [2.75, 3.05) is 6.54 Å². The quantitative estimate of drug-likeness (QED) is 0.773. The lowest BCUT2D eigenvalue weighted by Crippen LogP contribution is -2.54. The Labute approximate surface area is 112 Å². The highest BCUT2D eigenvalue weighted by Crippen LogP contribution is 2.44. The Morgan fingerprint density at radius 2 is 1.67 bits per heavy atom. The number of hydrogen-bond acceptors (Lipinski definition) is 2. The van der Waals surface area contributed by atoms with Gasteiger partial charge in [-0.15, -0.1) is 0 Å². The molecule has 4 atom stereocenters. The van der Waals surface area contributed by atoms with Crippen LogP contribution in [0.2, 0.25) is 0 Å². The number of hydrogen-bond donors (Lipinski definition) is 1. The lowest BCUT2D eigenvalue weighted by molar-refractivity contribution is -0.0379. The Bertz CT molecular complexity index is 299. The molecule has 0 amide bonds. The van der Waals surface area contributed by atoms with Crippen molar-refractivity contribution < 1.29 is 5.11 Å². The summed E-state index contributed by atoms with van der Waals surface area (Å²) in [6.45, 7) is 5.71. The number of piperidine rings is 1. The van der Waals surface area contributed by atoms with Crippen LogP contribution in [0.1, 0.15) is 65.2 Å². The molecule has 104 valence electrons. The second-order valence-corrected chi connectivity index (χ2v) is 7.53. The highest BCUT2D eigenvalue weighted by Gasteiger charge is 2.47. The zero-order valence-electron chi connectivity index (χ0n) is 12.1. The lowest BCUT2D eigenvalue weighted by atomic mass is 9.77. The van der Waals surface area contributed by atoms with Crippen molar-refractivity contribution in [3.05, 3.63) is 0 Å². The van der Waals surface area contributed by atoms with E-state index >= 15 is 0 Å². The average Bonchev–Trinajstić information content (AvgIpc) is 2.64. The minimum absolute atomic E-state index is 0.113. The maximum atomic E-state index is 10.6. The third-order valence-corrected chi connectivity index (χ3v) is 5.96. The SMILES string of the molecule is CC1(C)CCC(N2CCCC3CCCCC32)C1O. The van der Waals surface area contributed by atoms with E-state index < -0.39 is 0 Å². The number of fused-ring (bicyclic) bond motifs is 1. The van der Waals surface area contributed by atoms with E-state index in [4.69, 9.17) is 0 Å². The van der Waals surface area contributed by atoms with Crippen molar-refractivity contribution in [1.29, 1.82) is 0 Å². The predicted molar refractivity (Wildman–Crippen MR) is 74.5 cm³/mol. The molecule has 0 aromatic heterocycles. The van der Waals surface area contributed by atoms with Crippen LogP contribution in [-0.4, -0.2) is 34.7 Å². The molecule has 1 N–H and O–H groups in total. The molecule has 3 fully saturated rings. The number of rotatable bonds is 1. The summed E-state index contributed by atoms with van der Waals surface area (Å²) in [5, 5.41) is 10.6. The van der Waals surface area contributed by atoms with Gasteiger partial charge in [-0.2, -0.15) is 0 Å². The van der Waals surface area contributed by atoms with Gasteiger partial charge in [-0.1, -0.05) is 26.7 Å². The third kappa shape index (κ3) is 2.12. The molecule has 0 radical (unpaired) electrons. The second-order valence-electron chi connectivity index (χ2n) is 7.53. The molecular formula is C16H29NO. The molecule has 0 aromatic carbocycles.